The van der Waals surface area contributed by atoms with Gasteiger partial charge >= 0.3 is 0 Å². The molecule has 204 valence electrons. The van der Waals surface area contributed by atoms with Crippen LogP contribution in [0.3, 0.4) is 0 Å². The molecule has 2 saturated heterocycles. The first-order valence-electron chi connectivity index (χ1n) is 14.4. The topological polar surface area (TPSA) is 87.7 Å². The molecule has 3 amide bonds. The average Bonchev–Trinajstić information content (AvgIpc) is 3.56. The highest BCUT2D eigenvalue weighted by atomic mass is 35.5. The molecule has 5 aliphatic rings. The highest BCUT2D eigenvalue weighted by Gasteiger charge is 2.73. The molecule has 7 nitrogen and oxygen atoms in total. The van der Waals surface area contributed by atoms with Gasteiger partial charge in [0.05, 0.1) is 17.9 Å². The van der Waals surface area contributed by atoms with E-state index in [4.69, 9.17) is 16.3 Å². The van der Waals surface area contributed by atoms with Gasteiger partial charge < -0.3 is 20.3 Å². The second-order valence-electron chi connectivity index (χ2n) is 12.1. The van der Waals surface area contributed by atoms with Crippen LogP contribution in [0.2, 0.25) is 5.02 Å². The molecule has 6 rings (SSSR count). The van der Waals surface area contributed by atoms with Gasteiger partial charge in [-0.1, -0.05) is 69.7 Å². The van der Waals surface area contributed by atoms with Crippen LogP contribution in [0.25, 0.3) is 0 Å². The van der Waals surface area contributed by atoms with E-state index in [0.717, 1.165) is 44.9 Å². The number of halogens is 1. The Hall–Kier alpha value is -2.38. The zero-order chi connectivity index (χ0) is 26.6. The van der Waals surface area contributed by atoms with Gasteiger partial charge in [-0.3, -0.25) is 14.4 Å². The molecular formula is C30H38ClN3O4. The van der Waals surface area contributed by atoms with Gasteiger partial charge in [-0.2, -0.15) is 0 Å². The number of ether oxygens (including phenoxy) is 1. The first-order valence-corrected chi connectivity index (χ1v) is 14.7. The normalized spacial score (nSPS) is 38.3. The number of carbonyl (C=O) groups excluding carboxylic acids is 3. The van der Waals surface area contributed by atoms with E-state index in [1.54, 1.807) is 24.3 Å². The maximum atomic E-state index is 14.2. The number of nitrogens with one attached hydrogen (secondary N) is 2. The predicted molar refractivity (Wildman–Crippen MR) is 145 cm³/mol. The molecule has 2 saturated carbocycles. The van der Waals surface area contributed by atoms with Crippen molar-refractivity contribution in [1.82, 2.24) is 10.2 Å². The summed E-state index contributed by atoms with van der Waals surface area (Å²) in [7, 11) is 0. The SMILES string of the molecule is C[C@H]1[C@H](C)CCC[C@@H]1NC(=O)[C@@H]1N(C2CCCCC2)C(=O)[C@H]2[C@H](C(=O)Nc3ccc(Cl)cc3)[C@H]3C=C[C@@]12O3. The monoisotopic (exact) mass is 539 g/mol. The van der Waals surface area contributed by atoms with E-state index in [-0.39, 0.29) is 29.8 Å². The Bertz CT molecular complexity index is 1130. The molecule has 2 bridgehead atoms. The van der Waals surface area contributed by atoms with E-state index in [1.807, 2.05) is 17.1 Å². The Labute approximate surface area is 229 Å². The minimum Gasteiger partial charge on any atom is -0.359 e. The molecule has 0 aromatic heterocycles. The molecule has 3 heterocycles. The Morgan fingerprint density at radius 3 is 2.47 bits per heavy atom. The Balaban J connectivity index is 1.31. The molecule has 1 aromatic rings. The fourth-order valence-corrected chi connectivity index (χ4v) is 7.89. The average molecular weight is 540 g/mol. The molecule has 0 radical (unpaired) electrons. The number of hydrogen-bond acceptors (Lipinski definition) is 4. The molecule has 2 N–H and O–H groups in total. The van der Waals surface area contributed by atoms with Crippen LogP contribution in [0.1, 0.15) is 65.2 Å². The van der Waals surface area contributed by atoms with Crippen LogP contribution in [-0.2, 0) is 19.1 Å². The number of anilines is 1. The highest BCUT2D eigenvalue weighted by Crippen LogP contribution is 2.56. The van der Waals surface area contributed by atoms with Crippen LogP contribution in [0, 0.1) is 23.7 Å². The fourth-order valence-electron chi connectivity index (χ4n) is 7.77. The number of carbonyl (C=O) groups is 3. The second-order valence-corrected chi connectivity index (χ2v) is 12.6. The molecule has 1 spiro atoms. The van der Waals surface area contributed by atoms with Gasteiger partial charge in [0.2, 0.25) is 17.7 Å². The van der Waals surface area contributed by atoms with Crippen LogP contribution >= 0.6 is 11.6 Å². The van der Waals surface area contributed by atoms with Gasteiger partial charge in [0.1, 0.15) is 11.6 Å². The zero-order valence-electron chi connectivity index (χ0n) is 22.2. The summed E-state index contributed by atoms with van der Waals surface area (Å²) in [5.74, 6) is -1.02. The quantitative estimate of drug-likeness (QED) is 0.531. The largest absolute Gasteiger partial charge is 0.359 e. The van der Waals surface area contributed by atoms with Crippen molar-refractivity contribution in [3.8, 4) is 0 Å². The van der Waals surface area contributed by atoms with Crippen LogP contribution in [0.4, 0.5) is 5.69 Å². The van der Waals surface area contributed by atoms with Gasteiger partial charge in [-0.15, -0.1) is 0 Å². The maximum absolute atomic E-state index is 14.2. The van der Waals surface area contributed by atoms with Crippen LogP contribution in [0.15, 0.2) is 36.4 Å². The van der Waals surface area contributed by atoms with E-state index < -0.39 is 29.6 Å². The summed E-state index contributed by atoms with van der Waals surface area (Å²) < 4.78 is 6.52. The third-order valence-corrected chi connectivity index (χ3v) is 10.2. The lowest BCUT2D eigenvalue weighted by Gasteiger charge is -2.40. The standard InChI is InChI=1S/C30H38ClN3O4/c1-17-7-6-10-22(18(17)2)33-28(36)26-30-16-15-23(38-30)24(27(35)32-20-13-11-19(31)12-14-20)25(30)29(37)34(26)21-8-4-3-5-9-21/h11-18,21-26H,3-10H2,1-2H3,(H,32,35)(H,33,36)/t17-,18+,22+,23-,24-,25-,26+,30+/m1/s1. The van der Waals surface area contributed by atoms with Gasteiger partial charge in [0, 0.05) is 22.8 Å². The summed E-state index contributed by atoms with van der Waals surface area (Å²) in [4.78, 5) is 43.8. The zero-order valence-corrected chi connectivity index (χ0v) is 23.0. The molecule has 1 aromatic carbocycles. The van der Waals surface area contributed by atoms with Crippen LogP contribution < -0.4 is 10.6 Å². The summed E-state index contributed by atoms with van der Waals surface area (Å²) in [6.45, 7) is 4.46. The summed E-state index contributed by atoms with van der Waals surface area (Å²) in [6, 6.07) is 6.23. The molecule has 4 fully saturated rings. The van der Waals surface area contributed by atoms with Crippen molar-refractivity contribution in [3.05, 3.63) is 41.4 Å². The van der Waals surface area contributed by atoms with Crippen molar-refractivity contribution in [2.45, 2.75) is 95.0 Å². The van der Waals surface area contributed by atoms with E-state index in [1.165, 1.54) is 6.42 Å². The number of nitrogens with zero attached hydrogens (tertiary/aromatic N) is 1. The molecule has 8 heteroatoms. The van der Waals surface area contributed by atoms with Crippen LogP contribution in [-0.4, -0.2) is 52.5 Å². The fraction of sp³-hybridized carbons (Fsp3) is 0.633. The summed E-state index contributed by atoms with van der Waals surface area (Å²) >= 11 is 6.01. The first kappa shape index (κ1) is 25.9. The Kier molecular flexibility index (Phi) is 6.79. The third-order valence-electron chi connectivity index (χ3n) is 9.98. The number of amides is 3. The van der Waals surface area contributed by atoms with Crippen molar-refractivity contribution < 1.29 is 19.1 Å². The molecule has 2 aliphatic carbocycles. The van der Waals surface area contributed by atoms with Crippen LogP contribution in [0.5, 0.6) is 0 Å². The lowest BCUT2D eigenvalue weighted by Crippen LogP contribution is -2.59. The van der Waals surface area contributed by atoms with Crippen molar-refractivity contribution in [2.75, 3.05) is 5.32 Å². The predicted octanol–water partition coefficient (Wildman–Crippen LogP) is 4.70. The smallest absolute Gasteiger partial charge is 0.246 e. The molecular weight excluding hydrogens is 502 g/mol. The van der Waals surface area contributed by atoms with Gasteiger partial charge in [-0.25, -0.2) is 0 Å². The number of hydrogen-bond donors (Lipinski definition) is 2. The lowest BCUT2D eigenvalue weighted by molar-refractivity contribution is -0.145. The summed E-state index contributed by atoms with van der Waals surface area (Å²) in [5, 5.41) is 6.89. The van der Waals surface area contributed by atoms with E-state index in [0.29, 0.717) is 22.5 Å². The number of likely N-dealkylation sites (tertiary alicyclic amines) is 1. The second kappa shape index (κ2) is 9.98. The third kappa shape index (κ3) is 4.17. The summed E-state index contributed by atoms with van der Waals surface area (Å²) in [6.07, 6.45) is 11.4. The molecule has 0 unspecified atom stereocenters. The van der Waals surface area contributed by atoms with Crippen molar-refractivity contribution >= 4 is 35.0 Å². The number of benzene rings is 1. The summed E-state index contributed by atoms with van der Waals surface area (Å²) in [5.41, 5.74) is -0.501. The number of fused-ring (bicyclic) bond motifs is 1. The van der Waals surface area contributed by atoms with E-state index in [2.05, 4.69) is 24.5 Å². The van der Waals surface area contributed by atoms with Gasteiger partial charge in [-0.05, 0) is 55.4 Å². The highest BCUT2D eigenvalue weighted by molar-refractivity contribution is 6.30. The Morgan fingerprint density at radius 2 is 1.74 bits per heavy atom. The lowest BCUT2D eigenvalue weighted by atomic mass is 9.73. The van der Waals surface area contributed by atoms with E-state index >= 15 is 0 Å². The minimum atomic E-state index is -1.12. The van der Waals surface area contributed by atoms with E-state index in [9.17, 15) is 14.4 Å². The molecule has 8 atom stereocenters. The maximum Gasteiger partial charge on any atom is 0.246 e. The first-order chi connectivity index (χ1) is 18.3. The van der Waals surface area contributed by atoms with Crippen molar-refractivity contribution in [1.29, 1.82) is 0 Å². The molecule has 38 heavy (non-hydrogen) atoms. The minimum absolute atomic E-state index is 0.00861. The van der Waals surface area contributed by atoms with Gasteiger partial charge in [0.15, 0.2) is 0 Å². The van der Waals surface area contributed by atoms with Crippen molar-refractivity contribution in [3.63, 3.8) is 0 Å². The van der Waals surface area contributed by atoms with Gasteiger partial charge in [0.25, 0.3) is 0 Å². The Morgan fingerprint density at radius 1 is 1.00 bits per heavy atom. The number of rotatable bonds is 5. The van der Waals surface area contributed by atoms with Crippen molar-refractivity contribution in [2.24, 2.45) is 23.7 Å². The molecule has 3 aliphatic heterocycles.